The van der Waals surface area contributed by atoms with Crippen LogP contribution in [0.25, 0.3) is 0 Å². The van der Waals surface area contributed by atoms with E-state index in [1.165, 1.54) is 6.21 Å². The van der Waals surface area contributed by atoms with Gasteiger partial charge in [0.05, 0.1) is 12.7 Å². The van der Waals surface area contributed by atoms with Crippen LogP contribution in [0, 0.1) is 17.2 Å². The maximum atomic E-state index is 11.2. The zero-order valence-electron chi connectivity index (χ0n) is 10.1. The van der Waals surface area contributed by atoms with E-state index in [-0.39, 0.29) is 6.61 Å². The van der Waals surface area contributed by atoms with E-state index in [1.54, 1.807) is 6.92 Å². The number of esters is 1. The van der Waals surface area contributed by atoms with E-state index in [0.29, 0.717) is 6.54 Å². The summed E-state index contributed by atoms with van der Waals surface area (Å²) >= 11 is 0. The van der Waals surface area contributed by atoms with Gasteiger partial charge in [0, 0.05) is 12.8 Å². The van der Waals surface area contributed by atoms with Gasteiger partial charge in [0.1, 0.15) is 0 Å². The van der Waals surface area contributed by atoms with Crippen molar-refractivity contribution < 1.29 is 9.53 Å². The van der Waals surface area contributed by atoms with Crippen molar-refractivity contribution in [3.05, 3.63) is 0 Å². The van der Waals surface area contributed by atoms with Crippen LogP contribution < -0.4 is 0 Å². The predicted octanol–water partition coefficient (Wildman–Crippen LogP) is 0.712. The molecule has 0 aliphatic rings. The molecule has 0 aliphatic heterocycles. The fourth-order valence-electron chi connectivity index (χ4n) is 1.04. The number of carbonyl (C=O) groups is 1. The lowest BCUT2D eigenvalue weighted by Gasteiger charge is -2.07. The van der Waals surface area contributed by atoms with Crippen LogP contribution in [0.5, 0.6) is 0 Å². The summed E-state index contributed by atoms with van der Waals surface area (Å²) in [5.41, 5.74) is 0. The largest absolute Gasteiger partial charge is 0.465 e. The first-order valence-electron chi connectivity index (χ1n) is 5.32. The fraction of sp³-hybridized carbons (Fsp3) is 0.727. The summed E-state index contributed by atoms with van der Waals surface area (Å²) in [4.78, 5) is 17.3. The first-order valence-corrected chi connectivity index (χ1v) is 5.32. The Morgan fingerprint density at radius 3 is 2.81 bits per heavy atom. The number of aliphatic imine (C=N–C) groups is 1. The van der Waals surface area contributed by atoms with Crippen molar-refractivity contribution in [1.82, 2.24) is 4.90 Å². The zero-order chi connectivity index (χ0) is 12.4. The van der Waals surface area contributed by atoms with E-state index >= 15 is 0 Å². The third-order valence-electron chi connectivity index (χ3n) is 1.83. The highest BCUT2D eigenvalue weighted by atomic mass is 16.5. The van der Waals surface area contributed by atoms with Crippen molar-refractivity contribution in [3.63, 3.8) is 0 Å². The van der Waals surface area contributed by atoms with Gasteiger partial charge in [0.25, 0.3) is 0 Å². The Morgan fingerprint density at radius 1 is 1.62 bits per heavy atom. The molecule has 0 aromatic carbocycles. The predicted molar refractivity (Wildman–Crippen MR) is 62.3 cm³/mol. The molecule has 90 valence electrons. The first-order chi connectivity index (χ1) is 7.61. The number of hydrogen-bond donors (Lipinski definition) is 0. The molecule has 5 nitrogen and oxygen atoms in total. The van der Waals surface area contributed by atoms with E-state index in [4.69, 9.17) is 10.00 Å². The van der Waals surface area contributed by atoms with Gasteiger partial charge in [-0.3, -0.25) is 9.79 Å². The summed E-state index contributed by atoms with van der Waals surface area (Å²) in [6, 6.07) is 1.85. The van der Waals surface area contributed by atoms with E-state index in [2.05, 4.69) is 9.89 Å². The monoisotopic (exact) mass is 225 g/mol. The molecule has 0 aromatic heterocycles. The first kappa shape index (κ1) is 14.6. The molecule has 0 fully saturated rings. The van der Waals surface area contributed by atoms with Crippen molar-refractivity contribution in [2.45, 2.75) is 13.3 Å². The second-order valence-electron chi connectivity index (χ2n) is 3.57. The molecule has 0 aliphatic carbocycles. The van der Waals surface area contributed by atoms with Crippen LogP contribution in [-0.2, 0) is 9.53 Å². The highest BCUT2D eigenvalue weighted by Gasteiger charge is 2.15. The average molecular weight is 225 g/mol. The summed E-state index contributed by atoms with van der Waals surface area (Å²) in [5, 5.41) is 8.72. The Labute approximate surface area is 96.7 Å². The molecule has 0 rings (SSSR count). The topological polar surface area (TPSA) is 65.7 Å². The SMILES string of the molecule is CCOC(=O)[C@H](C#N)C=NCCCN(C)C. The molecule has 0 spiro atoms. The van der Waals surface area contributed by atoms with Gasteiger partial charge in [-0.25, -0.2) is 0 Å². The Hall–Kier alpha value is -1.41. The van der Waals surface area contributed by atoms with Crippen molar-refractivity contribution >= 4 is 12.2 Å². The fourth-order valence-corrected chi connectivity index (χ4v) is 1.04. The van der Waals surface area contributed by atoms with E-state index in [9.17, 15) is 4.79 Å². The van der Waals surface area contributed by atoms with Gasteiger partial charge >= 0.3 is 5.97 Å². The number of rotatable bonds is 7. The number of hydrogen-bond acceptors (Lipinski definition) is 5. The standard InChI is InChI=1S/C11H19N3O2/c1-4-16-11(15)10(8-12)9-13-6-5-7-14(2)3/h9-10H,4-7H2,1-3H3/t10-/m1/s1. The van der Waals surface area contributed by atoms with Crippen LogP contribution >= 0.6 is 0 Å². The molecule has 1 atom stereocenters. The molecule has 0 bridgehead atoms. The van der Waals surface area contributed by atoms with Crippen molar-refractivity contribution in [1.29, 1.82) is 5.26 Å². The third-order valence-corrected chi connectivity index (χ3v) is 1.83. The number of nitrogens with zero attached hydrogens (tertiary/aromatic N) is 3. The molecule has 0 N–H and O–H groups in total. The molecule has 16 heavy (non-hydrogen) atoms. The zero-order valence-corrected chi connectivity index (χ0v) is 10.1. The Kier molecular flexibility index (Phi) is 8.08. The van der Waals surface area contributed by atoms with Crippen LogP contribution in [0.3, 0.4) is 0 Å². The minimum absolute atomic E-state index is 0.283. The Morgan fingerprint density at radius 2 is 2.31 bits per heavy atom. The lowest BCUT2D eigenvalue weighted by molar-refractivity contribution is -0.143. The minimum atomic E-state index is -0.876. The van der Waals surface area contributed by atoms with E-state index in [0.717, 1.165) is 13.0 Å². The van der Waals surface area contributed by atoms with Crippen molar-refractivity contribution in [2.24, 2.45) is 10.9 Å². The van der Waals surface area contributed by atoms with Crippen LogP contribution in [0.15, 0.2) is 4.99 Å². The summed E-state index contributed by atoms with van der Waals surface area (Å²) in [5.74, 6) is -1.40. The molecule has 0 saturated heterocycles. The number of ether oxygens (including phenoxy) is 1. The van der Waals surface area contributed by atoms with Crippen molar-refractivity contribution in [2.75, 3.05) is 33.8 Å². The van der Waals surface area contributed by atoms with Gasteiger partial charge in [-0.2, -0.15) is 5.26 Å². The summed E-state index contributed by atoms with van der Waals surface area (Å²) in [6.07, 6.45) is 2.28. The number of carbonyl (C=O) groups excluding carboxylic acids is 1. The van der Waals surface area contributed by atoms with Crippen LogP contribution in [-0.4, -0.2) is 50.9 Å². The summed E-state index contributed by atoms with van der Waals surface area (Å²) in [6.45, 7) is 3.55. The highest BCUT2D eigenvalue weighted by Crippen LogP contribution is 1.95. The van der Waals surface area contributed by atoms with Gasteiger partial charge in [-0.15, -0.1) is 0 Å². The third kappa shape index (κ3) is 6.96. The Bertz CT molecular complexity index is 269. The van der Waals surface area contributed by atoms with Gasteiger partial charge in [-0.1, -0.05) is 0 Å². The van der Waals surface area contributed by atoms with Crippen LogP contribution in [0.1, 0.15) is 13.3 Å². The second-order valence-corrected chi connectivity index (χ2v) is 3.57. The molecule has 5 heteroatoms. The molecule has 0 unspecified atom stereocenters. The summed E-state index contributed by atoms with van der Waals surface area (Å²) in [7, 11) is 3.97. The highest BCUT2D eigenvalue weighted by molar-refractivity contribution is 5.92. The summed E-state index contributed by atoms with van der Waals surface area (Å²) < 4.78 is 4.73. The van der Waals surface area contributed by atoms with Gasteiger partial charge < -0.3 is 9.64 Å². The quantitative estimate of drug-likeness (QED) is 0.363. The van der Waals surface area contributed by atoms with Crippen LogP contribution in [0.4, 0.5) is 0 Å². The van der Waals surface area contributed by atoms with Crippen LogP contribution in [0.2, 0.25) is 0 Å². The normalized spacial score (nSPS) is 12.7. The average Bonchev–Trinajstić information content (AvgIpc) is 2.23. The lowest BCUT2D eigenvalue weighted by Crippen LogP contribution is -2.18. The Balaban J connectivity index is 3.90. The molecule has 0 amide bonds. The molecule has 0 radical (unpaired) electrons. The van der Waals surface area contributed by atoms with Gasteiger partial charge in [0.15, 0.2) is 5.92 Å². The molecule has 0 saturated carbocycles. The maximum Gasteiger partial charge on any atom is 0.328 e. The maximum absolute atomic E-state index is 11.2. The minimum Gasteiger partial charge on any atom is -0.465 e. The van der Waals surface area contributed by atoms with Crippen molar-refractivity contribution in [3.8, 4) is 6.07 Å². The number of nitriles is 1. The van der Waals surface area contributed by atoms with Gasteiger partial charge in [0.2, 0.25) is 0 Å². The van der Waals surface area contributed by atoms with Gasteiger partial charge in [-0.05, 0) is 34.0 Å². The molecule has 0 aromatic rings. The lowest BCUT2D eigenvalue weighted by atomic mass is 10.2. The second kappa shape index (κ2) is 8.86. The van der Waals surface area contributed by atoms with E-state index < -0.39 is 11.9 Å². The molecular formula is C11H19N3O2. The smallest absolute Gasteiger partial charge is 0.328 e. The molecule has 0 heterocycles. The van der Waals surface area contributed by atoms with E-state index in [1.807, 2.05) is 20.2 Å². The molecular weight excluding hydrogens is 206 g/mol.